The van der Waals surface area contributed by atoms with Gasteiger partial charge in [-0.3, -0.25) is 19.3 Å². The Balaban J connectivity index is 1.30. The van der Waals surface area contributed by atoms with E-state index in [1.165, 1.54) is 18.6 Å². The summed E-state index contributed by atoms with van der Waals surface area (Å²) in [7, 11) is 3.63. The predicted molar refractivity (Wildman–Crippen MR) is 130 cm³/mol. The van der Waals surface area contributed by atoms with Crippen molar-refractivity contribution in [2.75, 3.05) is 52.1 Å². The molecule has 182 valence electrons. The third-order valence-electron chi connectivity index (χ3n) is 7.07. The highest BCUT2D eigenvalue weighted by molar-refractivity contribution is 7.13. The van der Waals surface area contributed by atoms with Crippen LogP contribution in [0.4, 0.5) is 5.82 Å². The highest BCUT2D eigenvalue weighted by Gasteiger charge is 2.51. The quantitative estimate of drug-likeness (QED) is 0.472. The first kappa shape index (κ1) is 22.1. The molecule has 11 nitrogen and oxygen atoms in total. The maximum atomic E-state index is 13.1. The van der Waals surface area contributed by atoms with Crippen LogP contribution in [0.3, 0.4) is 0 Å². The number of nitrogens with one attached hydrogen (secondary N) is 3. The van der Waals surface area contributed by atoms with Crippen LogP contribution >= 0.6 is 11.5 Å². The number of nitrogens with zero attached hydrogens (tertiary/aromatic N) is 5. The summed E-state index contributed by atoms with van der Waals surface area (Å²) < 4.78 is 6.91. The zero-order chi connectivity index (χ0) is 24.3. The molecule has 6 rings (SSSR count). The monoisotopic (exact) mass is 494 g/mol. The molecule has 1 spiro atoms. The van der Waals surface area contributed by atoms with E-state index >= 15 is 0 Å². The molecule has 3 aliphatic heterocycles. The van der Waals surface area contributed by atoms with Gasteiger partial charge in [-0.25, -0.2) is 4.98 Å². The largest absolute Gasteiger partial charge is 0.352 e. The second-order valence-electron chi connectivity index (χ2n) is 9.74. The Morgan fingerprint density at radius 1 is 1.20 bits per heavy atom. The van der Waals surface area contributed by atoms with Gasteiger partial charge in [-0.1, -0.05) is 18.2 Å². The molecule has 2 fully saturated rings. The van der Waals surface area contributed by atoms with Gasteiger partial charge in [0, 0.05) is 50.6 Å². The van der Waals surface area contributed by atoms with E-state index in [2.05, 4.69) is 42.2 Å². The molecule has 3 N–H and O–H groups in total. The predicted octanol–water partition coefficient (Wildman–Crippen LogP) is 0.523. The fourth-order valence-corrected chi connectivity index (χ4v) is 6.48. The van der Waals surface area contributed by atoms with Crippen molar-refractivity contribution >= 4 is 45.2 Å². The normalized spacial score (nSPS) is 21.2. The first-order valence-corrected chi connectivity index (χ1v) is 12.3. The van der Waals surface area contributed by atoms with Crippen molar-refractivity contribution in [2.24, 2.45) is 5.41 Å². The topological polar surface area (TPSA) is 124 Å². The second kappa shape index (κ2) is 8.11. The van der Waals surface area contributed by atoms with Gasteiger partial charge in [-0.05, 0) is 24.6 Å². The summed E-state index contributed by atoms with van der Waals surface area (Å²) >= 11 is 1.25. The third kappa shape index (κ3) is 3.60. The number of carbonyl (C=O) groups is 3. The summed E-state index contributed by atoms with van der Waals surface area (Å²) in [6, 6.07) is 6.91. The lowest BCUT2D eigenvalue weighted by Gasteiger charge is -2.60. The summed E-state index contributed by atoms with van der Waals surface area (Å²) in [5.41, 5.74) is 1.23. The van der Waals surface area contributed by atoms with E-state index in [0.717, 1.165) is 36.3 Å². The average Bonchev–Trinajstić information content (AvgIpc) is 3.39. The molecular weight excluding hydrogens is 468 g/mol. The van der Waals surface area contributed by atoms with Crippen molar-refractivity contribution in [3.8, 4) is 0 Å². The molecule has 5 heterocycles. The van der Waals surface area contributed by atoms with Crippen LogP contribution < -0.4 is 16.0 Å². The van der Waals surface area contributed by atoms with Crippen LogP contribution in [0.25, 0.3) is 10.1 Å². The van der Waals surface area contributed by atoms with Crippen LogP contribution in [0.1, 0.15) is 32.8 Å². The minimum absolute atomic E-state index is 0.111. The summed E-state index contributed by atoms with van der Waals surface area (Å²) in [4.78, 5) is 47.8. The standard InChI is InChI=1S/C23H26N8O3S/c1-24-22(34)19-26-18(27-21(33)17-13-5-3-4-6-16(13)35-28-17)14-7-25-20(32)15(31(14)19)8-30-11-23(12-30)9-29(2)10-23/h3-6,15H,7-12H2,1-2H3,(H,24,34)(H,25,32)(H,27,33). The van der Waals surface area contributed by atoms with Crippen molar-refractivity contribution in [3.63, 3.8) is 0 Å². The van der Waals surface area contributed by atoms with Gasteiger partial charge in [0.15, 0.2) is 5.82 Å². The van der Waals surface area contributed by atoms with E-state index in [-0.39, 0.29) is 24.1 Å². The summed E-state index contributed by atoms with van der Waals surface area (Å²) in [6.45, 7) is 4.65. The molecular formula is C23H26N8O3S. The number of benzene rings is 1. The Kier molecular flexibility index (Phi) is 5.13. The number of likely N-dealkylation sites (tertiary alicyclic amines) is 2. The van der Waals surface area contributed by atoms with Crippen molar-refractivity contribution in [3.05, 3.63) is 41.5 Å². The molecule has 35 heavy (non-hydrogen) atoms. The Bertz CT molecular complexity index is 1350. The number of fused-ring (bicyclic) bond motifs is 2. The lowest BCUT2D eigenvalue weighted by molar-refractivity contribution is -0.132. The zero-order valence-corrected chi connectivity index (χ0v) is 20.3. The van der Waals surface area contributed by atoms with E-state index in [9.17, 15) is 14.4 Å². The third-order valence-corrected chi connectivity index (χ3v) is 7.90. The van der Waals surface area contributed by atoms with Gasteiger partial charge in [0.25, 0.3) is 11.8 Å². The fraction of sp³-hybridized carbons (Fsp3) is 0.435. The number of hydrogen-bond acceptors (Lipinski definition) is 8. The van der Waals surface area contributed by atoms with Gasteiger partial charge in [0.1, 0.15) is 11.7 Å². The molecule has 3 amide bonds. The Morgan fingerprint density at radius 2 is 1.97 bits per heavy atom. The van der Waals surface area contributed by atoms with Gasteiger partial charge < -0.3 is 25.4 Å². The molecule has 3 aliphatic rings. The van der Waals surface area contributed by atoms with Crippen LogP contribution in [0.15, 0.2) is 24.3 Å². The van der Waals surface area contributed by atoms with Gasteiger partial charge in [0.05, 0.1) is 16.9 Å². The highest BCUT2D eigenvalue weighted by atomic mass is 32.1. The number of amides is 3. The van der Waals surface area contributed by atoms with Crippen molar-refractivity contribution in [2.45, 2.75) is 12.6 Å². The minimum Gasteiger partial charge on any atom is -0.352 e. The van der Waals surface area contributed by atoms with Crippen LogP contribution in [-0.2, 0) is 11.3 Å². The number of anilines is 1. The fourth-order valence-electron chi connectivity index (χ4n) is 5.70. The molecule has 0 bridgehead atoms. The van der Waals surface area contributed by atoms with Crippen molar-refractivity contribution < 1.29 is 14.4 Å². The molecule has 2 saturated heterocycles. The minimum atomic E-state index is -0.612. The molecule has 0 radical (unpaired) electrons. The van der Waals surface area contributed by atoms with E-state index in [0.29, 0.717) is 23.3 Å². The molecule has 1 unspecified atom stereocenters. The van der Waals surface area contributed by atoms with Crippen molar-refractivity contribution in [1.82, 2.24) is 34.4 Å². The second-order valence-corrected chi connectivity index (χ2v) is 10.5. The first-order chi connectivity index (χ1) is 16.9. The SMILES string of the molecule is CNC(=O)c1nc(NC(=O)c2nsc3ccccc23)c2n1C(CN1CC3(CN(C)C3)C1)C(=O)NC2. The maximum absolute atomic E-state index is 13.1. The Labute approximate surface area is 205 Å². The highest BCUT2D eigenvalue weighted by Crippen LogP contribution is 2.40. The van der Waals surface area contributed by atoms with Gasteiger partial charge in [-0.2, -0.15) is 4.37 Å². The van der Waals surface area contributed by atoms with E-state index in [1.807, 2.05) is 24.3 Å². The van der Waals surface area contributed by atoms with Gasteiger partial charge >= 0.3 is 0 Å². The zero-order valence-electron chi connectivity index (χ0n) is 19.5. The smallest absolute Gasteiger partial charge is 0.287 e. The molecule has 0 aliphatic carbocycles. The maximum Gasteiger partial charge on any atom is 0.287 e. The molecule has 1 aromatic carbocycles. The van der Waals surface area contributed by atoms with E-state index in [1.54, 1.807) is 4.57 Å². The molecule has 2 aromatic heterocycles. The van der Waals surface area contributed by atoms with Gasteiger partial charge in [-0.15, -0.1) is 0 Å². The molecule has 1 atom stereocenters. The van der Waals surface area contributed by atoms with Crippen LogP contribution in [-0.4, -0.2) is 88.3 Å². The molecule has 3 aromatic rings. The van der Waals surface area contributed by atoms with Crippen LogP contribution in [0, 0.1) is 5.41 Å². The van der Waals surface area contributed by atoms with E-state index in [4.69, 9.17) is 0 Å². The average molecular weight is 495 g/mol. The van der Waals surface area contributed by atoms with Crippen LogP contribution in [0.2, 0.25) is 0 Å². The van der Waals surface area contributed by atoms with Crippen LogP contribution in [0.5, 0.6) is 0 Å². The molecule has 0 saturated carbocycles. The summed E-state index contributed by atoms with van der Waals surface area (Å²) in [5, 5.41) is 9.12. The van der Waals surface area contributed by atoms with Gasteiger partial charge in [0.2, 0.25) is 11.7 Å². The number of rotatable bonds is 5. The van der Waals surface area contributed by atoms with E-state index < -0.39 is 17.9 Å². The number of aromatic nitrogens is 3. The number of imidazole rings is 1. The number of carbonyl (C=O) groups excluding carboxylic acids is 3. The Morgan fingerprint density at radius 3 is 2.71 bits per heavy atom. The Hall–Kier alpha value is -3.35. The number of hydrogen-bond donors (Lipinski definition) is 3. The lowest BCUT2D eigenvalue weighted by atomic mass is 9.73. The molecule has 12 heteroatoms. The van der Waals surface area contributed by atoms with Crippen molar-refractivity contribution in [1.29, 1.82) is 0 Å². The first-order valence-electron chi connectivity index (χ1n) is 11.5. The summed E-state index contributed by atoms with van der Waals surface area (Å²) in [6.07, 6.45) is 0. The summed E-state index contributed by atoms with van der Waals surface area (Å²) in [5.74, 6) is -0.601. The lowest BCUT2D eigenvalue weighted by Crippen LogP contribution is -2.71.